The van der Waals surface area contributed by atoms with Crippen molar-refractivity contribution in [2.75, 3.05) is 13.2 Å². The molecule has 0 aliphatic heterocycles. The van der Waals surface area contributed by atoms with E-state index in [1.807, 2.05) is 6.07 Å². The Hall–Kier alpha value is -1.09. The Bertz CT molecular complexity index is 377. The molecule has 0 aromatic heterocycles. The van der Waals surface area contributed by atoms with Crippen molar-refractivity contribution in [1.82, 2.24) is 5.32 Å². The van der Waals surface area contributed by atoms with E-state index in [1.54, 1.807) is 6.07 Å². The molecule has 1 aromatic rings. The zero-order valence-electron chi connectivity index (χ0n) is 11.0. The van der Waals surface area contributed by atoms with Gasteiger partial charge in [-0.15, -0.1) is 0 Å². The summed E-state index contributed by atoms with van der Waals surface area (Å²) in [6.07, 6.45) is 4.81. The van der Waals surface area contributed by atoms with Crippen LogP contribution < -0.4 is 10.1 Å². The first-order valence-electron chi connectivity index (χ1n) is 6.92. The highest BCUT2D eigenvalue weighted by atomic mass is 19.1. The molecule has 1 aliphatic rings. The lowest BCUT2D eigenvalue weighted by Crippen LogP contribution is -2.21. The van der Waals surface area contributed by atoms with Gasteiger partial charge in [0, 0.05) is 12.1 Å². The summed E-state index contributed by atoms with van der Waals surface area (Å²) in [6, 6.07) is 5.15. The molecule has 1 saturated carbocycles. The first-order chi connectivity index (χ1) is 8.81. The molecule has 3 heteroatoms. The maximum Gasteiger partial charge on any atom is 0.165 e. The third-order valence-electron chi connectivity index (χ3n) is 3.48. The van der Waals surface area contributed by atoms with Gasteiger partial charge in [0.15, 0.2) is 11.6 Å². The molecule has 18 heavy (non-hydrogen) atoms. The van der Waals surface area contributed by atoms with Crippen molar-refractivity contribution in [3.05, 3.63) is 29.6 Å². The normalized spacial score (nSPS) is 15.4. The Kier molecular flexibility index (Phi) is 5.00. The molecular formula is C15H22FNO. The molecule has 0 bridgehead atoms. The van der Waals surface area contributed by atoms with Crippen molar-refractivity contribution < 1.29 is 9.13 Å². The fraction of sp³-hybridized carbons (Fsp3) is 0.600. The molecule has 1 N–H and O–H groups in total. The lowest BCUT2D eigenvalue weighted by Gasteiger charge is -2.25. The topological polar surface area (TPSA) is 21.3 Å². The molecule has 1 aliphatic carbocycles. The smallest absolute Gasteiger partial charge is 0.165 e. The second-order valence-electron chi connectivity index (χ2n) is 5.01. The van der Waals surface area contributed by atoms with Gasteiger partial charge < -0.3 is 10.1 Å². The van der Waals surface area contributed by atoms with Crippen LogP contribution in [0.1, 0.15) is 38.2 Å². The second kappa shape index (κ2) is 6.74. The number of para-hydroxylation sites is 1. The van der Waals surface area contributed by atoms with E-state index in [1.165, 1.54) is 25.3 Å². The highest BCUT2D eigenvalue weighted by molar-refractivity contribution is 5.34. The van der Waals surface area contributed by atoms with Gasteiger partial charge in [-0.05, 0) is 37.8 Å². The minimum Gasteiger partial charge on any atom is -0.490 e. The standard InChI is InChI=1S/C15H22FNO/c1-2-9-17-10-13-7-4-8-14(16)15(13)18-11-12-5-3-6-12/h4,7-8,12,17H,2-3,5-6,9-11H2,1H3. The van der Waals surface area contributed by atoms with E-state index in [2.05, 4.69) is 12.2 Å². The van der Waals surface area contributed by atoms with Crippen molar-refractivity contribution in [3.8, 4) is 5.75 Å². The van der Waals surface area contributed by atoms with Crippen LogP contribution in [0.2, 0.25) is 0 Å². The Labute approximate surface area is 109 Å². The van der Waals surface area contributed by atoms with E-state index < -0.39 is 0 Å². The lowest BCUT2D eigenvalue weighted by atomic mass is 9.86. The minimum absolute atomic E-state index is 0.245. The van der Waals surface area contributed by atoms with Gasteiger partial charge in [0.25, 0.3) is 0 Å². The maximum absolute atomic E-state index is 13.8. The summed E-state index contributed by atoms with van der Waals surface area (Å²) in [7, 11) is 0. The van der Waals surface area contributed by atoms with Crippen LogP contribution in [0.5, 0.6) is 5.75 Å². The second-order valence-corrected chi connectivity index (χ2v) is 5.01. The van der Waals surface area contributed by atoms with Gasteiger partial charge in [-0.25, -0.2) is 4.39 Å². The number of halogens is 1. The number of hydrogen-bond acceptors (Lipinski definition) is 2. The van der Waals surface area contributed by atoms with E-state index in [9.17, 15) is 4.39 Å². The molecule has 2 rings (SSSR count). The molecular weight excluding hydrogens is 229 g/mol. The zero-order chi connectivity index (χ0) is 12.8. The van der Waals surface area contributed by atoms with Crippen molar-refractivity contribution in [2.24, 2.45) is 5.92 Å². The first-order valence-corrected chi connectivity index (χ1v) is 6.92. The van der Waals surface area contributed by atoms with Crippen molar-refractivity contribution in [3.63, 3.8) is 0 Å². The molecule has 0 saturated heterocycles. The van der Waals surface area contributed by atoms with Gasteiger partial charge in [0.05, 0.1) is 6.61 Å². The fourth-order valence-electron chi connectivity index (χ4n) is 2.11. The lowest BCUT2D eigenvalue weighted by molar-refractivity contribution is 0.174. The number of nitrogens with one attached hydrogen (secondary N) is 1. The summed E-state index contributed by atoms with van der Waals surface area (Å²) in [5.74, 6) is 0.819. The van der Waals surface area contributed by atoms with E-state index in [0.717, 1.165) is 18.5 Å². The third kappa shape index (κ3) is 3.45. The van der Waals surface area contributed by atoms with Crippen molar-refractivity contribution in [1.29, 1.82) is 0 Å². The van der Waals surface area contributed by atoms with Gasteiger partial charge in [-0.2, -0.15) is 0 Å². The highest BCUT2D eigenvalue weighted by Crippen LogP contribution is 2.29. The molecule has 0 unspecified atom stereocenters. The van der Waals surface area contributed by atoms with Crippen LogP contribution in [0, 0.1) is 11.7 Å². The Morgan fingerprint density at radius 1 is 1.39 bits per heavy atom. The number of benzene rings is 1. The quantitative estimate of drug-likeness (QED) is 0.749. The fourth-order valence-corrected chi connectivity index (χ4v) is 2.11. The molecule has 1 aromatic carbocycles. The van der Waals surface area contributed by atoms with Gasteiger partial charge >= 0.3 is 0 Å². The number of ether oxygens (including phenoxy) is 1. The average molecular weight is 251 g/mol. The van der Waals surface area contributed by atoms with Gasteiger partial charge in [-0.1, -0.05) is 25.5 Å². The van der Waals surface area contributed by atoms with E-state index >= 15 is 0 Å². The minimum atomic E-state index is -0.245. The summed E-state index contributed by atoms with van der Waals surface area (Å²) in [5, 5.41) is 3.29. The van der Waals surface area contributed by atoms with Gasteiger partial charge in [0.1, 0.15) is 0 Å². The van der Waals surface area contributed by atoms with Crippen molar-refractivity contribution >= 4 is 0 Å². The summed E-state index contributed by atoms with van der Waals surface area (Å²) >= 11 is 0. The van der Waals surface area contributed by atoms with Crippen LogP contribution in [-0.4, -0.2) is 13.2 Å². The number of rotatable bonds is 7. The highest BCUT2D eigenvalue weighted by Gasteiger charge is 2.19. The van der Waals surface area contributed by atoms with Gasteiger partial charge in [-0.3, -0.25) is 0 Å². The molecule has 2 nitrogen and oxygen atoms in total. The van der Waals surface area contributed by atoms with E-state index in [4.69, 9.17) is 4.74 Å². The third-order valence-corrected chi connectivity index (χ3v) is 3.48. The van der Waals surface area contributed by atoms with Gasteiger partial charge in [0.2, 0.25) is 0 Å². The van der Waals surface area contributed by atoms with Crippen molar-refractivity contribution in [2.45, 2.75) is 39.2 Å². The average Bonchev–Trinajstić information content (AvgIpc) is 2.30. The van der Waals surface area contributed by atoms with Crippen LogP contribution in [0.4, 0.5) is 4.39 Å². The molecule has 100 valence electrons. The Morgan fingerprint density at radius 3 is 2.89 bits per heavy atom. The van der Waals surface area contributed by atoms with Crippen LogP contribution in [0.3, 0.4) is 0 Å². The largest absolute Gasteiger partial charge is 0.490 e. The SMILES string of the molecule is CCCNCc1cccc(F)c1OCC1CCC1. The monoisotopic (exact) mass is 251 g/mol. The van der Waals surface area contributed by atoms with E-state index in [0.29, 0.717) is 24.8 Å². The Balaban J connectivity index is 1.95. The summed E-state index contributed by atoms with van der Waals surface area (Å²) in [6.45, 7) is 4.39. The maximum atomic E-state index is 13.8. The summed E-state index contributed by atoms with van der Waals surface area (Å²) in [5.41, 5.74) is 0.919. The Morgan fingerprint density at radius 2 is 2.22 bits per heavy atom. The molecule has 0 spiro atoms. The van der Waals surface area contributed by atoms with Crippen LogP contribution in [0.25, 0.3) is 0 Å². The predicted molar refractivity (Wildman–Crippen MR) is 71.2 cm³/mol. The molecule has 0 amide bonds. The summed E-state index contributed by atoms with van der Waals surface area (Å²) < 4.78 is 19.5. The van der Waals surface area contributed by atoms with Crippen LogP contribution in [0.15, 0.2) is 18.2 Å². The number of hydrogen-bond donors (Lipinski definition) is 1. The molecule has 1 fully saturated rings. The molecule has 0 heterocycles. The van der Waals surface area contributed by atoms with Crippen LogP contribution >= 0.6 is 0 Å². The predicted octanol–water partition coefficient (Wildman–Crippen LogP) is 3.50. The first kappa shape index (κ1) is 13.3. The molecule has 0 radical (unpaired) electrons. The zero-order valence-corrected chi connectivity index (χ0v) is 11.0. The van der Waals surface area contributed by atoms with E-state index in [-0.39, 0.29) is 5.82 Å². The van der Waals surface area contributed by atoms with Crippen LogP contribution in [-0.2, 0) is 6.54 Å². The summed E-state index contributed by atoms with van der Waals surface area (Å²) in [4.78, 5) is 0. The molecule has 0 atom stereocenters.